The van der Waals surface area contributed by atoms with Crippen LogP contribution in [-0.2, 0) is 0 Å². The third kappa shape index (κ3) is 5.74. The number of ether oxygens (including phenoxy) is 4. The Balaban J connectivity index is 2.35. The molecular weight excluding hydrogens is 372 g/mol. The van der Waals surface area contributed by atoms with E-state index in [1.807, 2.05) is 20.8 Å². The van der Waals surface area contributed by atoms with Crippen molar-refractivity contribution in [2.24, 2.45) is 0 Å². The van der Waals surface area contributed by atoms with Crippen LogP contribution in [0.25, 0.3) is 6.08 Å². The number of aliphatic hydroxyl groups is 1. The second kappa shape index (κ2) is 9.98. The molecule has 1 atom stereocenters. The van der Waals surface area contributed by atoms with Crippen molar-refractivity contribution < 1.29 is 28.8 Å². The lowest BCUT2D eigenvalue weighted by molar-refractivity contribution is -0.000478. The van der Waals surface area contributed by atoms with Gasteiger partial charge in [0.1, 0.15) is 23.0 Å². The first-order chi connectivity index (χ1) is 13.8. The molecular formula is C23H28O6. The van der Waals surface area contributed by atoms with E-state index in [0.29, 0.717) is 34.1 Å². The third-order valence-electron chi connectivity index (χ3n) is 4.11. The molecule has 6 heteroatoms. The molecule has 0 saturated heterocycles. The van der Waals surface area contributed by atoms with Gasteiger partial charge in [0.05, 0.1) is 25.9 Å². The number of carbonyl (C=O) groups excluding carboxylic acids is 1. The number of aliphatic hydroxyl groups excluding tert-OH is 1. The molecule has 0 aliphatic rings. The summed E-state index contributed by atoms with van der Waals surface area (Å²) in [5.74, 6) is 1.97. The van der Waals surface area contributed by atoms with E-state index in [0.717, 1.165) is 5.56 Å². The smallest absolute Gasteiger partial charge is 0.194 e. The van der Waals surface area contributed by atoms with Gasteiger partial charge in [-0.15, -0.1) is 0 Å². The minimum atomic E-state index is -0.935. The standard InChI is InChI=1S/C23H28O6/c1-14(2)28-22-13-18(29-16(4)24)9-7-17(22)8-11-20(25)19-10-12-21(26-5)15(3)23(19)27-6/h7-14,16,24H,1-6H3/b11-8+. The Hall–Kier alpha value is -2.99. The predicted molar refractivity (Wildman–Crippen MR) is 112 cm³/mol. The molecule has 0 radical (unpaired) electrons. The SMILES string of the molecule is COc1ccc(C(=O)/C=C/c2ccc(OC(C)O)cc2OC(C)C)c(OC)c1C. The van der Waals surface area contributed by atoms with Crippen LogP contribution in [0.4, 0.5) is 0 Å². The molecule has 29 heavy (non-hydrogen) atoms. The maximum absolute atomic E-state index is 12.8. The first-order valence-corrected chi connectivity index (χ1v) is 9.36. The van der Waals surface area contributed by atoms with Gasteiger partial charge in [-0.2, -0.15) is 0 Å². The topological polar surface area (TPSA) is 74.2 Å². The summed E-state index contributed by atoms with van der Waals surface area (Å²) in [5.41, 5.74) is 1.93. The minimum absolute atomic E-state index is 0.0658. The summed E-state index contributed by atoms with van der Waals surface area (Å²) < 4.78 is 21.9. The summed E-state index contributed by atoms with van der Waals surface area (Å²) in [7, 11) is 3.10. The molecule has 2 rings (SSSR count). The highest BCUT2D eigenvalue weighted by atomic mass is 16.6. The molecule has 0 amide bonds. The molecule has 0 aliphatic carbocycles. The highest BCUT2D eigenvalue weighted by molar-refractivity contribution is 6.09. The highest BCUT2D eigenvalue weighted by Crippen LogP contribution is 2.32. The van der Waals surface area contributed by atoms with E-state index >= 15 is 0 Å². The lowest BCUT2D eigenvalue weighted by Crippen LogP contribution is -2.11. The summed E-state index contributed by atoms with van der Waals surface area (Å²) in [5, 5.41) is 9.42. The van der Waals surface area contributed by atoms with E-state index in [2.05, 4.69) is 0 Å². The zero-order chi connectivity index (χ0) is 21.6. The van der Waals surface area contributed by atoms with Crippen molar-refractivity contribution in [1.29, 1.82) is 0 Å². The van der Waals surface area contributed by atoms with Crippen LogP contribution >= 0.6 is 0 Å². The van der Waals surface area contributed by atoms with Gasteiger partial charge in [-0.05, 0) is 64.1 Å². The summed E-state index contributed by atoms with van der Waals surface area (Å²) in [6.07, 6.45) is 2.16. The minimum Gasteiger partial charge on any atom is -0.496 e. The second-order valence-electron chi connectivity index (χ2n) is 6.75. The molecule has 0 saturated carbocycles. The van der Waals surface area contributed by atoms with Gasteiger partial charge in [-0.1, -0.05) is 0 Å². The summed E-state index contributed by atoms with van der Waals surface area (Å²) in [6.45, 7) is 7.19. The van der Waals surface area contributed by atoms with Crippen LogP contribution in [-0.4, -0.2) is 37.5 Å². The van der Waals surface area contributed by atoms with E-state index in [-0.39, 0.29) is 11.9 Å². The molecule has 2 aromatic rings. The van der Waals surface area contributed by atoms with Crippen LogP contribution in [0, 0.1) is 6.92 Å². The number of allylic oxidation sites excluding steroid dienone is 1. The quantitative estimate of drug-likeness (QED) is 0.382. The molecule has 0 fully saturated rings. The monoisotopic (exact) mass is 400 g/mol. The van der Waals surface area contributed by atoms with Gasteiger partial charge in [0.25, 0.3) is 0 Å². The third-order valence-corrected chi connectivity index (χ3v) is 4.11. The van der Waals surface area contributed by atoms with Crippen LogP contribution in [0.2, 0.25) is 0 Å². The molecule has 1 N–H and O–H groups in total. The number of carbonyl (C=O) groups is 1. The molecule has 0 spiro atoms. The number of rotatable bonds is 9. The Kier molecular flexibility index (Phi) is 7.67. The van der Waals surface area contributed by atoms with Gasteiger partial charge >= 0.3 is 0 Å². The van der Waals surface area contributed by atoms with Gasteiger partial charge in [0.15, 0.2) is 12.1 Å². The van der Waals surface area contributed by atoms with Crippen molar-refractivity contribution >= 4 is 11.9 Å². The van der Waals surface area contributed by atoms with Crippen molar-refractivity contribution in [3.05, 3.63) is 53.1 Å². The average Bonchev–Trinajstić information content (AvgIpc) is 2.65. The largest absolute Gasteiger partial charge is 0.496 e. The Bertz CT molecular complexity index is 883. The predicted octanol–water partition coefficient (Wildman–Crippen LogP) is 4.41. The molecule has 0 aromatic heterocycles. The zero-order valence-corrected chi connectivity index (χ0v) is 17.7. The summed E-state index contributed by atoms with van der Waals surface area (Å²) >= 11 is 0. The van der Waals surface area contributed by atoms with E-state index in [1.165, 1.54) is 20.1 Å². The van der Waals surface area contributed by atoms with Crippen LogP contribution < -0.4 is 18.9 Å². The summed E-state index contributed by atoms with van der Waals surface area (Å²) in [6, 6.07) is 8.60. The fraction of sp³-hybridized carbons (Fsp3) is 0.348. The molecule has 2 aromatic carbocycles. The normalized spacial score (nSPS) is 12.1. The number of benzene rings is 2. The number of hydrogen-bond acceptors (Lipinski definition) is 6. The number of ketones is 1. The van der Waals surface area contributed by atoms with Crippen LogP contribution in [0.5, 0.6) is 23.0 Å². The maximum atomic E-state index is 12.8. The maximum Gasteiger partial charge on any atom is 0.194 e. The fourth-order valence-corrected chi connectivity index (χ4v) is 2.89. The molecule has 0 aliphatic heterocycles. The van der Waals surface area contributed by atoms with Gasteiger partial charge in [-0.25, -0.2) is 0 Å². The second-order valence-corrected chi connectivity index (χ2v) is 6.75. The Labute approximate surface area is 171 Å². The first kappa shape index (κ1) is 22.3. The van der Waals surface area contributed by atoms with Gasteiger partial charge in [-0.3, -0.25) is 4.79 Å². The highest BCUT2D eigenvalue weighted by Gasteiger charge is 2.16. The van der Waals surface area contributed by atoms with Gasteiger partial charge in [0, 0.05) is 17.2 Å². The Morgan fingerprint density at radius 2 is 1.72 bits per heavy atom. The van der Waals surface area contributed by atoms with E-state index in [1.54, 1.807) is 43.5 Å². The van der Waals surface area contributed by atoms with Crippen LogP contribution in [0.15, 0.2) is 36.4 Å². The van der Waals surface area contributed by atoms with Crippen LogP contribution in [0.1, 0.15) is 42.3 Å². The Morgan fingerprint density at radius 1 is 1.00 bits per heavy atom. The molecule has 0 bridgehead atoms. The van der Waals surface area contributed by atoms with Gasteiger partial charge < -0.3 is 24.1 Å². The van der Waals surface area contributed by atoms with Crippen molar-refractivity contribution in [1.82, 2.24) is 0 Å². The molecule has 156 valence electrons. The van der Waals surface area contributed by atoms with Crippen molar-refractivity contribution in [3.8, 4) is 23.0 Å². The fourth-order valence-electron chi connectivity index (χ4n) is 2.89. The Morgan fingerprint density at radius 3 is 2.31 bits per heavy atom. The zero-order valence-electron chi connectivity index (χ0n) is 17.7. The van der Waals surface area contributed by atoms with Crippen LogP contribution in [0.3, 0.4) is 0 Å². The molecule has 0 heterocycles. The number of methoxy groups -OCH3 is 2. The van der Waals surface area contributed by atoms with E-state index in [9.17, 15) is 9.90 Å². The van der Waals surface area contributed by atoms with Crippen molar-refractivity contribution in [3.63, 3.8) is 0 Å². The average molecular weight is 400 g/mol. The molecule has 6 nitrogen and oxygen atoms in total. The number of hydrogen-bond donors (Lipinski definition) is 1. The van der Waals surface area contributed by atoms with Crippen molar-refractivity contribution in [2.45, 2.75) is 40.1 Å². The van der Waals surface area contributed by atoms with E-state index < -0.39 is 6.29 Å². The van der Waals surface area contributed by atoms with Gasteiger partial charge in [0.2, 0.25) is 0 Å². The first-order valence-electron chi connectivity index (χ1n) is 9.36. The molecule has 1 unspecified atom stereocenters. The van der Waals surface area contributed by atoms with Crippen molar-refractivity contribution in [2.75, 3.05) is 14.2 Å². The lowest BCUT2D eigenvalue weighted by atomic mass is 10.0. The lowest BCUT2D eigenvalue weighted by Gasteiger charge is -2.15. The van der Waals surface area contributed by atoms with E-state index in [4.69, 9.17) is 18.9 Å². The summed E-state index contributed by atoms with van der Waals surface area (Å²) in [4.78, 5) is 12.8.